The lowest BCUT2D eigenvalue weighted by Crippen LogP contribution is -2.31. The van der Waals surface area contributed by atoms with E-state index in [1.54, 1.807) is 15.8 Å². The minimum Gasteiger partial charge on any atom is -0.392 e. The number of hydrogen-bond acceptors (Lipinski definition) is 4. The van der Waals surface area contributed by atoms with Gasteiger partial charge in [-0.3, -0.25) is 0 Å². The molecule has 1 aromatic heterocycles. The number of aliphatic hydroxyl groups excluding tert-OH is 1. The summed E-state index contributed by atoms with van der Waals surface area (Å²) >= 11 is 1.20. The van der Waals surface area contributed by atoms with Gasteiger partial charge in [0.05, 0.1) is 6.61 Å². The molecule has 1 unspecified atom stereocenters. The van der Waals surface area contributed by atoms with E-state index in [1.807, 2.05) is 0 Å². The van der Waals surface area contributed by atoms with Gasteiger partial charge in [-0.2, -0.15) is 4.31 Å². The summed E-state index contributed by atoms with van der Waals surface area (Å²) in [5, 5.41) is 10.8. The van der Waals surface area contributed by atoms with Gasteiger partial charge in [-0.15, -0.1) is 11.3 Å². The lowest BCUT2D eigenvalue weighted by atomic mass is 9.96. The fourth-order valence-electron chi connectivity index (χ4n) is 2.77. The van der Waals surface area contributed by atoms with Gasteiger partial charge in [0, 0.05) is 13.1 Å². The van der Waals surface area contributed by atoms with Gasteiger partial charge in [-0.05, 0) is 42.2 Å². The van der Waals surface area contributed by atoms with Crippen LogP contribution in [0.5, 0.6) is 0 Å². The molecule has 6 heteroatoms. The van der Waals surface area contributed by atoms with Gasteiger partial charge < -0.3 is 5.11 Å². The van der Waals surface area contributed by atoms with Crippen molar-refractivity contribution in [2.75, 3.05) is 13.1 Å². The van der Waals surface area contributed by atoms with Crippen molar-refractivity contribution < 1.29 is 13.5 Å². The minimum atomic E-state index is -3.37. The fraction of sp³-hybridized carbons (Fsp3) is 0.714. The predicted molar refractivity (Wildman–Crippen MR) is 81.2 cm³/mol. The molecule has 0 spiro atoms. The largest absolute Gasteiger partial charge is 0.392 e. The SMILES string of the molecule is CCCC1CCCN(S(=O)(=O)c2cc(CO)cs2)CC1. The molecule has 2 rings (SSSR count). The summed E-state index contributed by atoms with van der Waals surface area (Å²) < 4.78 is 27.2. The molecule has 0 bridgehead atoms. The van der Waals surface area contributed by atoms with Gasteiger partial charge in [0.25, 0.3) is 10.0 Å². The van der Waals surface area contributed by atoms with E-state index >= 15 is 0 Å². The predicted octanol–water partition coefficient (Wildman–Crippen LogP) is 2.83. The maximum atomic E-state index is 12.6. The fourth-order valence-corrected chi connectivity index (χ4v) is 5.62. The van der Waals surface area contributed by atoms with Crippen LogP contribution in [0.3, 0.4) is 0 Å². The van der Waals surface area contributed by atoms with Crippen LogP contribution in [-0.4, -0.2) is 30.9 Å². The zero-order valence-electron chi connectivity index (χ0n) is 11.9. The molecular formula is C14H23NO3S2. The quantitative estimate of drug-likeness (QED) is 0.908. The van der Waals surface area contributed by atoms with Crippen molar-refractivity contribution in [1.29, 1.82) is 0 Å². The first-order valence-corrected chi connectivity index (χ1v) is 9.58. The van der Waals surface area contributed by atoms with Crippen LogP contribution in [0.25, 0.3) is 0 Å². The summed E-state index contributed by atoms with van der Waals surface area (Å²) in [4.78, 5) is 0. The molecule has 1 aliphatic rings. The Kier molecular flexibility index (Phi) is 5.60. The smallest absolute Gasteiger partial charge is 0.252 e. The normalized spacial score (nSPS) is 21.8. The highest BCUT2D eigenvalue weighted by atomic mass is 32.2. The average Bonchev–Trinajstić information content (AvgIpc) is 2.80. The Labute approximate surface area is 125 Å². The van der Waals surface area contributed by atoms with E-state index in [-0.39, 0.29) is 6.61 Å². The molecule has 0 saturated carbocycles. The highest BCUT2D eigenvalue weighted by molar-refractivity contribution is 7.91. The summed E-state index contributed by atoms with van der Waals surface area (Å²) in [5.41, 5.74) is 0.673. The van der Waals surface area contributed by atoms with Gasteiger partial charge in [-0.1, -0.05) is 19.8 Å². The Hall–Kier alpha value is -0.430. The first-order valence-electron chi connectivity index (χ1n) is 7.26. The van der Waals surface area contributed by atoms with E-state index in [0.717, 1.165) is 19.3 Å². The molecule has 4 nitrogen and oxygen atoms in total. The number of rotatable bonds is 5. The second-order valence-corrected chi connectivity index (χ2v) is 8.50. The molecule has 0 aliphatic carbocycles. The second-order valence-electron chi connectivity index (χ2n) is 5.42. The minimum absolute atomic E-state index is 0.107. The van der Waals surface area contributed by atoms with Gasteiger partial charge in [-0.25, -0.2) is 8.42 Å². The molecule has 1 saturated heterocycles. The maximum absolute atomic E-state index is 12.6. The number of thiophene rings is 1. The van der Waals surface area contributed by atoms with Gasteiger partial charge in [0.2, 0.25) is 0 Å². The van der Waals surface area contributed by atoms with E-state index in [4.69, 9.17) is 5.11 Å². The third-order valence-corrected chi connectivity index (χ3v) is 7.27. The van der Waals surface area contributed by atoms with Gasteiger partial charge in [0.1, 0.15) is 4.21 Å². The van der Waals surface area contributed by atoms with E-state index in [1.165, 1.54) is 24.2 Å². The van der Waals surface area contributed by atoms with Crippen LogP contribution in [0.4, 0.5) is 0 Å². The Morgan fingerprint density at radius 2 is 2.20 bits per heavy atom. The molecule has 1 aromatic rings. The van der Waals surface area contributed by atoms with Crippen LogP contribution >= 0.6 is 11.3 Å². The molecule has 0 aromatic carbocycles. The van der Waals surface area contributed by atoms with Crippen molar-refractivity contribution in [3.8, 4) is 0 Å². The van der Waals surface area contributed by atoms with Crippen LogP contribution in [0.15, 0.2) is 15.7 Å². The number of sulfonamides is 1. The summed E-state index contributed by atoms with van der Waals surface area (Å²) in [5.74, 6) is 0.663. The first kappa shape index (κ1) is 15.9. The van der Waals surface area contributed by atoms with E-state index in [2.05, 4.69) is 6.92 Å². The van der Waals surface area contributed by atoms with Crippen molar-refractivity contribution in [3.63, 3.8) is 0 Å². The third kappa shape index (κ3) is 3.61. The van der Waals surface area contributed by atoms with Gasteiger partial charge >= 0.3 is 0 Å². The molecular weight excluding hydrogens is 294 g/mol. The monoisotopic (exact) mass is 317 g/mol. The van der Waals surface area contributed by atoms with Crippen LogP contribution in [0, 0.1) is 5.92 Å². The zero-order chi connectivity index (χ0) is 14.6. The second kappa shape index (κ2) is 7.02. The maximum Gasteiger partial charge on any atom is 0.252 e. The highest BCUT2D eigenvalue weighted by Crippen LogP contribution is 2.28. The lowest BCUT2D eigenvalue weighted by molar-refractivity contribution is 0.282. The molecule has 0 amide bonds. The molecule has 20 heavy (non-hydrogen) atoms. The third-order valence-electron chi connectivity index (χ3n) is 3.91. The molecule has 1 atom stereocenters. The molecule has 1 aliphatic heterocycles. The lowest BCUT2D eigenvalue weighted by Gasteiger charge is -2.19. The van der Waals surface area contributed by atoms with E-state index in [0.29, 0.717) is 28.8 Å². The van der Waals surface area contributed by atoms with Crippen LogP contribution in [0.1, 0.15) is 44.6 Å². The van der Waals surface area contributed by atoms with Gasteiger partial charge in [0.15, 0.2) is 0 Å². The Morgan fingerprint density at radius 3 is 2.85 bits per heavy atom. The zero-order valence-corrected chi connectivity index (χ0v) is 13.5. The van der Waals surface area contributed by atoms with Crippen molar-refractivity contribution >= 4 is 21.4 Å². The number of hydrogen-bond donors (Lipinski definition) is 1. The summed E-state index contributed by atoms with van der Waals surface area (Å²) in [6.07, 6.45) is 5.41. The summed E-state index contributed by atoms with van der Waals surface area (Å²) in [7, 11) is -3.37. The summed E-state index contributed by atoms with van der Waals surface area (Å²) in [6.45, 7) is 3.32. The van der Waals surface area contributed by atoms with Crippen molar-refractivity contribution in [2.45, 2.75) is 49.8 Å². The van der Waals surface area contributed by atoms with Crippen LogP contribution in [-0.2, 0) is 16.6 Å². The molecule has 1 N–H and O–H groups in total. The number of nitrogens with zero attached hydrogens (tertiary/aromatic N) is 1. The Morgan fingerprint density at radius 1 is 1.40 bits per heavy atom. The number of aliphatic hydroxyl groups is 1. The van der Waals surface area contributed by atoms with Crippen molar-refractivity contribution in [1.82, 2.24) is 4.31 Å². The topological polar surface area (TPSA) is 57.6 Å². The molecule has 114 valence electrons. The van der Waals surface area contributed by atoms with E-state index < -0.39 is 10.0 Å². The molecule has 0 radical (unpaired) electrons. The molecule has 1 fully saturated rings. The van der Waals surface area contributed by atoms with Crippen molar-refractivity contribution in [2.24, 2.45) is 5.92 Å². The molecule has 2 heterocycles. The Bertz CT molecular complexity index is 524. The summed E-state index contributed by atoms with van der Waals surface area (Å²) in [6, 6.07) is 1.59. The standard InChI is InChI=1S/C14H23NO3S2/c1-2-4-12-5-3-7-15(8-6-12)20(17,18)14-9-13(10-16)11-19-14/h9,11-12,16H,2-8,10H2,1H3. The highest BCUT2D eigenvalue weighted by Gasteiger charge is 2.28. The first-order chi connectivity index (χ1) is 9.57. The van der Waals surface area contributed by atoms with Crippen molar-refractivity contribution in [3.05, 3.63) is 17.0 Å². The average molecular weight is 317 g/mol. The van der Waals surface area contributed by atoms with Crippen LogP contribution < -0.4 is 0 Å². The van der Waals surface area contributed by atoms with E-state index in [9.17, 15) is 8.42 Å². The van der Waals surface area contributed by atoms with Crippen LogP contribution in [0.2, 0.25) is 0 Å². The Balaban J connectivity index is 2.09.